The zero-order chi connectivity index (χ0) is 27.2. The Kier molecular flexibility index (Phi) is 7.39. The van der Waals surface area contributed by atoms with Crippen molar-refractivity contribution >= 4 is 34.3 Å². The summed E-state index contributed by atoms with van der Waals surface area (Å²) in [5.74, 6) is -0.767. The highest BCUT2D eigenvalue weighted by molar-refractivity contribution is 6.04. The Morgan fingerprint density at radius 2 is 1.69 bits per heavy atom. The number of rotatable bonds is 9. The molecule has 3 heterocycles. The van der Waals surface area contributed by atoms with E-state index in [1.54, 1.807) is 71.7 Å². The second kappa shape index (κ2) is 11.4. The summed E-state index contributed by atoms with van der Waals surface area (Å²) in [6.07, 6.45) is 3.42. The van der Waals surface area contributed by atoms with Gasteiger partial charge in [-0.3, -0.25) is 23.7 Å². The average molecular weight is 523 g/mol. The first kappa shape index (κ1) is 25.3. The minimum atomic E-state index is -0.343. The summed E-state index contributed by atoms with van der Waals surface area (Å²) < 4.78 is 3.23. The van der Waals surface area contributed by atoms with Gasteiger partial charge in [0.1, 0.15) is 12.2 Å². The topological polar surface area (TPSA) is 136 Å². The van der Waals surface area contributed by atoms with Gasteiger partial charge >= 0.3 is 0 Å². The first-order chi connectivity index (χ1) is 19.0. The molecule has 3 amide bonds. The van der Waals surface area contributed by atoms with Crippen molar-refractivity contribution in [3.05, 3.63) is 96.4 Å². The van der Waals surface area contributed by atoms with Crippen molar-refractivity contribution in [2.75, 3.05) is 18.4 Å². The third-order valence-corrected chi connectivity index (χ3v) is 5.95. The SMILES string of the molecule is Cn1nccc1-c1cccc(C(=O)Nc2ccc3nn(CC(=O)NCCNC(=O)c4ccccc4)cc3c2)n1. The second-order valence-electron chi connectivity index (χ2n) is 8.77. The highest BCUT2D eigenvalue weighted by Crippen LogP contribution is 2.20. The molecule has 5 rings (SSSR count). The zero-order valence-electron chi connectivity index (χ0n) is 21.2. The van der Waals surface area contributed by atoms with Crippen molar-refractivity contribution in [1.82, 2.24) is 35.2 Å². The number of fused-ring (bicyclic) bond motifs is 1. The van der Waals surface area contributed by atoms with E-state index in [1.165, 1.54) is 4.68 Å². The predicted octanol–water partition coefficient (Wildman–Crippen LogP) is 2.63. The molecule has 2 aromatic carbocycles. The van der Waals surface area contributed by atoms with Gasteiger partial charge in [-0.25, -0.2) is 4.98 Å². The molecule has 0 fully saturated rings. The van der Waals surface area contributed by atoms with E-state index in [0.717, 1.165) is 11.1 Å². The Labute approximate surface area is 223 Å². The molecule has 0 saturated carbocycles. The van der Waals surface area contributed by atoms with E-state index in [1.807, 2.05) is 25.2 Å². The van der Waals surface area contributed by atoms with Gasteiger partial charge in [0, 0.05) is 49.2 Å². The quantitative estimate of drug-likeness (QED) is 0.255. The minimum absolute atomic E-state index is 0.0216. The largest absolute Gasteiger partial charge is 0.353 e. The molecule has 3 N–H and O–H groups in total. The maximum atomic E-state index is 12.9. The van der Waals surface area contributed by atoms with Crippen LogP contribution >= 0.6 is 0 Å². The van der Waals surface area contributed by atoms with Gasteiger partial charge in [0.2, 0.25) is 5.91 Å². The van der Waals surface area contributed by atoms with Crippen LogP contribution in [0.4, 0.5) is 5.69 Å². The number of carbonyl (C=O) groups excluding carboxylic acids is 3. The highest BCUT2D eigenvalue weighted by Gasteiger charge is 2.13. The molecule has 3 aromatic heterocycles. The Bertz CT molecular complexity index is 1640. The van der Waals surface area contributed by atoms with Gasteiger partial charge in [-0.2, -0.15) is 10.2 Å². The van der Waals surface area contributed by atoms with Crippen molar-refractivity contribution in [3.63, 3.8) is 0 Å². The summed E-state index contributed by atoms with van der Waals surface area (Å²) in [5.41, 5.74) is 3.57. The molecule has 0 radical (unpaired) electrons. The fraction of sp³-hybridized carbons (Fsp3) is 0.143. The molecule has 0 atom stereocenters. The number of hydrogen-bond acceptors (Lipinski definition) is 6. The molecule has 11 heteroatoms. The molecule has 5 aromatic rings. The van der Waals surface area contributed by atoms with Gasteiger partial charge in [-0.1, -0.05) is 24.3 Å². The lowest BCUT2D eigenvalue weighted by atomic mass is 10.2. The van der Waals surface area contributed by atoms with Crippen LogP contribution in [0, 0.1) is 0 Å². The second-order valence-corrected chi connectivity index (χ2v) is 8.77. The molecule has 0 bridgehead atoms. The number of aromatic nitrogens is 5. The normalized spacial score (nSPS) is 10.8. The van der Waals surface area contributed by atoms with Gasteiger partial charge in [0.15, 0.2) is 0 Å². The maximum absolute atomic E-state index is 12.9. The minimum Gasteiger partial charge on any atom is -0.353 e. The summed E-state index contributed by atoms with van der Waals surface area (Å²) in [7, 11) is 1.81. The van der Waals surface area contributed by atoms with Crippen molar-refractivity contribution in [1.29, 1.82) is 0 Å². The predicted molar refractivity (Wildman–Crippen MR) is 146 cm³/mol. The van der Waals surface area contributed by atoms with E-state index >= 15 is 0 Å². The van der Waals surface area contributed by atoms with Crippen LogP contribution in [0.1, 0.15) is 20.8 Å². The van der Waals surface area contributed by atoms with Crippen LogP contribution < -0.4 is 16.0 Å². The van der Waals surface area contributed by atoms with Gasteiger partial charge in [0.25, 0.3) is 11.8 Å². The van der Waals surface area contributed by atoms with Crippen molar-refractivity contribution < 1.29 is 14.4 Å². The zero-order valence-corrected chi connectivity index (χ0v) is 21.2. The number of hydrogen-bond donors (Lipinski definition) is 3. The van der Waals surface area contributed by atoms with Crippen LogP contribution in [-0.4, -0.2) is 55.4 Å². The number of nitrogens with zero attached hydrogens (tertiary/aromatic N) is 5. The number of pyridine rings is 1. The highest BCUT2D eigenvalue weighted by atomic mass is 16.2. The van der Waals surface area contributed by atoms with Crippen LogP contribution in [0.15, 0.2) is 85.2 Å². The molecule has 39 heavy (non-hydrogen) atoms. The molecule has 11 nitrogen and oxygen atoms in total. The lowest BCUT2D eigenvalue weighted by molar-refractivity contribution is -0.121. The molecule has 0 unspecified atom stereocenters. The van der Waals surface area contributed by atoms with Crippen molar-refractivity contribution in [3.8, 4) is 11.4 Å². The molecule has 0 aliphatic carbocycles. The Morgan fingerprint density at radius 3 is 2.49 bits per heavy atom. The van der Waals surface area contributed by atoms with Crippen LogP contribution in [0.2, 0.25) is 0 Å². The van der Waals surface area contributed by atoms with Crippen LogP contribution in [0.3, 0.4) is 0 Å². The summed E-state index contributed by atoms with van der Waals surface area (Å²) in [4.78, 5) is 41.7. The standard InChI is InChI=1S/C28H26N8O3/c1-35-25(12-13-31-35)23-8-5-9-24(33-23)28(39)32-21-10-11-22-20(16-21)17-36(34-22)18-26(37)29-14-15-30-27(38)19-6-3-2-4-7-19/h2-13,16-17H,14-15,18H2,1H3,(H,29,37)(H,30,38)(H,32,39). The Morgan fingerprint density at radius 1 is 0.872 bits per heavy atom. The van der Waals surface area contributed by atoms with Crippen LogP contribution in [0.25, 0.3) is 22.3 Å². The monoisotopic (exact) mass is 522 g/mol. The molecule has 0 aliphatic heterocycles. The number of benzene rings is 2. The van der Waals surface area contributed by atoms with Crippen LogP contribution in [-0.2, 0) is 18.4 Å². The third kappa shape index (κ3) is 6.16. The molecule has 0 aliphatic rings. The molecular weight excluding hydrogens is 496 g/mol. The van der Waals surface area contributed by atoms with Gasteiger partial charge in [0.05, 0.1) is 16.9 Å². The first-order valence-corrected chi connectivity index (χ1v) is 12.3. The van der Waals surface area contributed by atoms with Crippen LogP contribution in [0.5, 0.6) is 0 Å². The molecule has 0 spiro atoms. The van der Waals surface area contributed by atoms with Gasteiger partial charge in [-0.05, 0) is 48.5 Å². The maximum Gasteiger partial charge on any atom is 0.274 e. The number of anilines is 1. The fourth-order valence-corrected chi connectivity index (χ4v) is 4.03. The molecule has 196 valence electrons. The number of carbonyl (C=O) groups is 3. The van der Waals surface area contributed by atoms with E-state index in [4.69, 9.17) is 0 Å². The van der Waals surface area contributed by atoms with Crippen molar-refractivity contribution in [2.45, 2.75) is 6.54 Å². The summed E-state index contributed by atoms with van der Waals surface area (Å²) >= 11 is 0. The number of aryl methyl sites for hydroxylation is 1. The average Bonchev–Trinajstić information content (AvgIpc) is 3.56. The third-order valence-electron chi connectivity index (χ3n) is 5.95. The smallest absolute Gasteiger partial charge is 0.274 e. The van der Waals surface area contributed by atoms with Crippen molar-refractivity contribution in [2.24, 2.45) is 7.05 Å². The van der Waals surface area contributed by atoms with Gasteiger partial charge in [-0.15, -0.1) is 0 Å². The summed E-state index contributed by atoms with van der Waals surface area (Å²) in [6.45, 7) is 0.626. The summed E-state index contributed by atoms with van der Waals surface area (Å²) in [6, 6.07) is 21.3. The Balaban J connectivity index is 1.15. The number of amides is 3. The fourth-order valence-electron chi connectivity index (χ4n) is 4.03. The Hall–Kier alpha value is -5.32. The molecular formula is C28H26N8O3. The lowest BCUT2D eigenvalue weighted by Crippen LogP contribution is -2.36. The first-order valence-electron chi connectivity index (χ1n) is 12.3. The van der Waals surface area contributed by atoms with E-state index in [0.29, 0.717) is 35.6 Å². The van der Waals surface area contributed by atoms with E-state index in [-0.39, 0.29) is 30.0 Å². The number of nitrogens with one attached hydrogen (secondary N) is 3. The van der Waals surface area contributed by atoms with E-state index in [9.17, 15) is 14.4 Å². The van der Waals surface area contributed by atoms with E-state index < -0.39 is 0 Å². The van der Waals surface area contributed by atoms with Gasteiger partial charge < -0.3 is 16.0 Å². The van der Waals surface area contributed by atoms with E-state index in [2.05, 4.69) is 31.1 Å². The summed E-state index contributed by atoms with van der Waals surface area (Å²) in [5, 5.41) is 17.8. The lowest BCUT2D eigenvalue weighted by Gasteiger charge is -2.07. The molecule has 0 saturated heterocycles.